The Morgan fingerprint density at radius 1 is 1.22 bits per heavy atom. The Bertz CT molecular complexity index is 1050. The van der Waals surface area contributed by atoms with Crippen LogP contribution in [0.15, 0.2) is 30.5 Å². The largest absolute Gasteiger partial charge is 0.383 e. The van der Waals surface area contributed by atoms with Gasteiger partial charge < -0.3 is 25.4 Å². The molecule has 1 unspecified atom stereocenters. The Kier molecular flexibility index (Phi) is 9.98. The highest BCUT2D eigenvalue weighted by atomic mass is 35.5. The SMILES string of the molecule is COCC(C)NCC1CCC(Nc2cc(-c3cccc(NCC4(C#N)CCOCC4)n3)c(Cl)cn2)CC1. The number of pyridine rings is 2. The minimum absolute atomic E-state index is 0.383. The molecule has 0 bridgehead atoms. The average molecular weight is 527 g/mol. The van der Waals surface area contributed by atoms with Gasteiger partial charge in [-0.15, -0.1) is 0 Å². The maximum absolute atomic E-state index is 9.73. The van der Waals surface area contributed by atoms with Gasteiger partial charge in [0.1, 0.15) is 11.6 Å². The fourth-order valence-corrected chi connectivity index (χ4v) is 5.34. The van der Waals surface area contributed by atoms with Crippen LogP contribution in [0.25, 0.3) is 11.3 Å². The number of ether oxygens (including phenoxy) is 2. The van der Waals surface area contributed by atoms with Crippen molar-refractivity contribution in [3.63, 3.8) is 0 Å². The molecule has 1 aliphatic heterocycles. The van der Waals surface area contributed by atoms with Gasteiger partial charge in [-0.2, -0.15) is 5.26 Å². The molecule has 2 fully saturated rings. The van der Waals surface area contributed by atoms with E-state index in [4.69, 9.17) is 26.1 Å². The minimum Gasteiger partial charge on any atom is -0.383 e. The molecular formula is C28H39ClN6O2. The van der Waals surface area contributed by atoms with E-state index in [9.17, 15) is 5.26 Å². The highest BCUT2D eigenvalue weighted by Gasteiger charge is 2.32. The number of hydrogen-bond donors (Lipinski definition) is 3. The summed E-state index contributed by atoms with van der Waals surface area (Å²) in [4.78, 5) is 9.33. The lowest BCUT2D eigenvalue weighted by atomic mass is 9.82. The smallest absolute Gasteiger partial charge is 0.126 e. The molecule has 1 atom stereocenters. The number of nitrogens with zero attached hydrogens (tertiary/aromatic N) is 3. The Morgan fingerprint density at radius 3 is 2.73 bits per heavy atom. The van der Waals surface area contributed by atoms with E-state index >= 15 is 0 Å². The summed E-state index contributed by atoms with van der Waals surface area (Å²) in [5, 5.41) is 20.9. The Morgan fingerprint density at radius 2 is 2.00 bits per heavy atom. The van der Waals surface area contributed by atoms with E-state index in [1.165, 1.54) is 12.8 Å². The minimum atomic E-state index is -0.418. The van der Waals surface area contributed by atoms with Gasteiger partial charge in [-0.3, -0.25) is 0 Å². The first-order chi connectivity index (χ1) is 18.0. The molecule has 2 aliphatic rings. The van der Waals surface area contributed by atoms with Crippen molar-refractivity contribution in [2.75, 3.05) is 50.7 Å². The fourth-order valence-electron chi connectivity index (χ4n) is 5.14. The quantitative estimate of drug-likeness (QED) is 0.370. The predicted octanol–water partition coefficient (Wildman–Crippen LogP) is 5.12. The molecule has 8 nitrogen and oxygen atoms in total. The third-order valence-electron chi connectivity index (χ3n) is 7.55. The Balaban J connectivity index is 1.34. The number of aromatic nitrogens is 2. The number of nitriles is 1. The molecule has 0 radical (unpaired) electrons. The number of methoxy groups -OCH3 is 1. The van der Waals surface area contributed by atoms with Gasteiger partial charge in [-0.25, -0.2) is 9.97 Å². The van der Waals surface area contributed by atoms with Crippen molar-refractivity contribution in [1.82, 2.24) is 15.3 Å². The summed E-state index contributed by atoms with van der Waals surface area (Å²) in [5.74, 6) is 2.25. The number of halogens is 1. The van der Waals surface area contributed by atoms with Crippen molar-refractivity contribution < 1.29 is 9.47 Å². The van der Waals surface area contributed by atoms with Crippen LogP contribution in [0.3, 0.4) is 0 Å². The van der Waals surface area contributed by atoms with Crippen LogP contribution in [0.5, 0.6) is 0 Å². The van der Waals surface area contributed by atoms with Gasteiger partial charge >= 0.3 is 0 Å². The van der Waals surface area contributed by atoms with Gasteiger partial charge in [0.2, 0.25) is 0 Å². The van der Waals surface area contributed by atoms with E-state index in [-0.39, 0.29) is 0 Å². The number of rotatable bonds is 11. The van der Waals surface area contributed by atoms with E-state index in [1.54, 1.807) is 13.3 Å². The summed E-state index contributed by atoms with van der Waals surface area (Å²) in [5.41, 5.74) is 1.20. The molecule has 1 saturated carbocycles. The topological polar surface area (TPSA) is 104 Å². The van der Waals surface area contributed by atoms with Gasteiger partial charge in [0.25, 0.3) is 0 Å². The van der Waals surface area contributed by atoms with Crippen molar-refractivity contribution >= 4 is 23.2 Å². The van der Waals surface area contributed by atoms with Crippen molar-refractivity contribution in [2.24, 2.45) is 11.3 Å². The number of hydrogen-bond acceptors (Lipinski definition) is 8. The van der Waals surface area contributed by atoms with Crippen molar-refractivity contribution in [1.29, 1.82) is 5.26 Å². The molecule has 9 heteroatoms. The maximum atomic E-state index is 9.73. The first kappa shape index (κ1) is 27.6. The second-order valence-electron chi connectivity index (χ2n) is 10.4. The van der Waals surface area contributed by atoms with Crippen LogP contribution >= 0.6 is 11.6 Å². The maximum Gasteiger partial charge on any atom is 0.126 e. The molecule has 1 aliphatic carbocycles. The van der Waals surface area contributed by atoms with E-state index < -0.39 is 5.41 Å². The second-order valence-corrected chi connectivity index (χ2v) is 10.8. The fraction of sp³-hybridized carbons (Fsp3) is 0.607. The van der Waals surface area contributed by atoms with Gasteiger partial charge in [0.05, 0.1) is 28.8 Å². The van der Waals surface area contributed by atoms with E-state index in [0.717, 1.165) is 61.7 Å². The first-order valence-corrected chi connectivity index (χ1v) is 13.7. The first-order valence-electron chi connectivity index (χ1n) is 13.3. The monoisotopic (exact) mass is 526 g/mol. The molecule has 2 aromatic rings. The van der Waals surface area contributed by atoms with Gasteiger partial charge in [0, 0.05) is 50.7 Å². The van der Waals surface area contributed by atoms with Crippen LogP contribution < -0.4 is 16.0 Å². The summed E-state index contributed by atoms with van der Waals surface area (Å²) in [7, 11) is 1.74. The van der Waals surface area contributed by atoms with Crippen LogP contribution in [0.2, 0.25) is 5.02 Å². The van der Waals surface area contributed by atoms with Crippen LogP contribution in [0.4, 0.5) is 11.6 Å². The zero-order chi connectivity index (χ0) is 26.1. The van der Waals surface area contributed by atoms with Crippen LogP contribution in [-0.2, 0) is 9.47 Å². The molecular weight excluding hydrogens is 488 g/mol. The normalized spacial score (nSPS) is 22.1. The third-order valence-corrected chi connectivity index (χ3v) is 7.85. The molecule has 3 N–H and O–H groups in total. The standard InChI is InChI=1S/C28H39ClN6O2/c1-20(17-36-2)31-15-21-6-8-22(9-7-21)34-27-14-23(24(29)16-32-27)25-4-3-5-26(35-25)33-19-28(18-30)10-12-37-13-11-28/h3-5,14,16,20-22,31H,6-13,15,17,19H2,1-2H3,(H,32,34)(H,33,35). The Labute approximate surface area is 225 Å². The lowest BCUT2D eigenvalue weighted by molar-refractivity contribution is 0.0455. The summed E-state index contributed by atoms with van der Waals surface area (Å²) in [6.07, 6.45) is 7.77. The van der Waals surface area contributed by atoms with Crippen molar-refractivity contribution in [3.8, 4) is 17.3 Å². The summed E-state index contributed by atoms with van der Waals surface area (Å²) < 4.78 is 10.7. The lowest BCUT2D eigenvalue weighted by Crippen LogP contribution is -2.37. The van der Waals surface area contributed by atoms with E-state index in [1.807, 2.05) is 24.3 Å². The number of anilines is 2. The highest BCUT2D eigenvalue weighted by Crippen LogP contribution is 2.32. The zero-order valence-corrected chi connectivity index (χ0v) is 22.7. The molecule has 0 aromatic carbocycles. The zero-order valence-electron chi connectivity index (χ0n) is 21.9. The van der Waals surface area contributed by atoms with Gasteiger partial charge in [-0.1, -0.05) is 17.7 Å². The van der Waals surface area contributed by atoms with Gasteiger partial charge in [0.15, 0.2) is 0 Å². The molecule has 4 rings (SSSR count). The van der Waals surface area contributed by atoms with Crippen molar-refractivity contribution in [3.05, 3.63) is 35.5 Å². The molecule has 3 heterocycles. The average Bonchev–Trinajstić information content (AvgIpc) is 2.93. The molecule has 200 valence electrons. The van der Waals surface area contributed by atoms with Crippen LogP contribution in [0, 0.1) is 22.7 Å². The highest BCUT2D eigenvalue weighted by molar-refractivity contribution is 6.33. The second kappa shape index (κ2) is 13.4. The van der Waals surface area contributed by atoms with Crippen molar-refractivity contribution in [2.45, 2.75) is 57.5 Å². The van der Waals surface area contributed by atoms with E-state index in [2.05, 4.69) is 33.9 Å². The molecule has 0 amide bonds. The van der Waals surface area contributed by atoms with E-state index in [0.29, 0.717) is 42.8 Å². The summed E-state index contributed by atoms with van der Waals surface area (Å²) in [6, 6.07) is 11.1. The Hall–Kier alpha value is -2.44. The molecule has 2 aromatic heterocycles. The third kappa shape index (κ3) is 7.78. The summed E-state index contributed by atoms with van der Waals surface area (Å²) >= 11 is 6.55. The van der Waals surface area contributed by atoms with Crippen LogP contribution in [0.1, 0.15) is 45.4 Å². The molecule has 1 saturated heterocycles. The lowest BCUT2D eigenvalue weighted by Gasteiger charge is -2.30. The molecule has 0 spiro atoms. The molecule has 37 heavy (non-hydrogen) atoms. The van der Waals surface area contributed by atoms with Crippen LogP contribution in [-0.4, -0.2) is 62.1 Å². The summed E-state index contributed by atoms with van der Waals surface area (Å²) in [6.45, 7) is 5.74. The number of nitrogens with one attached hydrogen (secondary N) is 3. The van der Waals surface area contributed by atoms with Gasteiger partial charge in [-0.05, 0) is 76.1 Å². The predicted molar refractivity (Wildman–Crippen MR) is 148 cm³/mol.